The van der Waals surface area contributed by atoms with Gasteiger partial charge in [0.2, 0.25) is 0 Å². The molecule has 0 fully saturated rings. The fourth-order valence-electron chi connectivity index (χ4n) is 8.69. The minimum atomic E-state index is 0.302. The summed E-state index contributed by atoms with van der Waals surface area (Å²) >= 11 is 2.01. The highest BCUT2D eigenvalue weighted by atomic mass is 32.2. The lowest BCUT2D eigenvalue weighted by Crippen LogP contribution is -2.09. The van der Waals surface area contributed by atoms with E-state index in [1.54, 1.807) is 0 Å². The van der Waals surface area contributed by atoms with Crippen molar-refractivity contribution in [3.63, 3.8) is 0 Å². The van der Waals surface area contributed by atoms with Crippen LogP contribution in [0.4, 0.5) is 0 Å². The smallest absolute Gasteiger partial charge is 0.0381 e. The number of thioether (sulfide) groups is 1. The highest BCUT2D eigenvalue weighted by Gasteiger charge is 2.33. The summed E-state index contributed by atoms with van der Waals surface area (Å²) in [7, 11) is 0. The molecule has 2 atom stereocenters. The molecule has 0 bridgehead atoms. The Morgan fingerprint density at radius 3 is 1.61 bits per heavy atom. The molecule has 0 radical (unpaired) electrons. The van der Waals surface area contributed by atoms with Crippen molar-refractivity contribution in [2.45, 2.75) is 16.1 Å². The Balaban J connectivity index is 1.12. The van der Waals surface area contributed by atoms with Gasteiger partial charge in [0.25, 0.3) is 0 Å². The van der Waals surface area contributed by atoms with Crippen LogP contribution in [0.25, 0.3) is 81.3 Å². The summed E-state index contributed by atoms with van der Waals surface area (Å²) in [6, 6.07) is 56.6. The largest absolute Gasteiger partial charge is 0.117 e. The second kappa shape index (κ2) is 10.4. The molecule has 9 aromatic rings. The van der Waals surface area contributed by atoms with Gasteiger partial charge in [-0.1, -0.05) is 146 Å². The minimum absolute atomic E-state index is 0.302. The Morgan fingerprint density at radius 1 is 0.408 bits per heavy atom. The topological polar surface area (TPSA) is 0 Å². The average molecular weight is 639 g/mol. The molecule has 0 amide bonds. The molecule has 49 heavy (non-hydrogen) atoms. The third kappa shape index (κ3) is 4.06. The number of allylic oxidation sites excluding steroid dienone is 3. The third-order valence-corrected chi connectivity index (χ3v) is 12.3. The molecule has 9 aromatic carbocycles. The second-order valence-corrected chi connectivity index (χ2v) is 14.8. The molecule has 2 aliphatic rings. The second-order valence-electron chi connectivity index (χ2n) is 13.6. The maximum Gasteiger partial charge on any atom is 0.0381 e. The first kappa shape index (κ1) is 27.3. The standard InChI is InChI=1S/C48H30S/c1-5-13-35-29(9-1)17-21-39-41(35)25-31-11-3-7-15-37(31)47(39)33-19-23-45-43(27-33)44-28-34(20-24-46(44)49-45)48-38-16-8-4-12-32(38)26-42-36-14-6-2-10-30(36)18-22-40(42)48/h1-28,43,45H. The number of benzene rings is 9. The van der Waals surface area contributed by atoms with Gasteiger partial charge in [-0.15, -0.1) is 11.8 Å². The first-order chi connectivity index (χ1) is 24.3. The number of hydrogen-bond donors (Lipinski definition) is 0. The minimum Gasteiger partial charge on any atom is -0.117 e. The lowest BCUT2D eigenvalue weighted by molar-refractivity contribution is 0.885. The van der Waals surface area contributed by atoms with Crippen LogP contribution in [0.2, 0.25) is 0 Å². The van der Waals surface area contributed by atoms with Crippen molar-refractivity contribution < 1.29 is 0 Å². The van der Waals surface area contributed by atoms with Gasteiger partial charge in [0.05, 0.1) is 0 Å². The van der Waals surface area contributed by atoms with Crippen LogP contribution in [0.15, 0.2) is 175 Å². The van der Waals surface area contributed by atoms with Crippen molar-refractivity contribution in [1.29, 1.82) is 0 Å². The zero-order valence-corrected chi connectivity index (χ0v) is 27.5. The van der Waals surface area contributed by atoms with E-state index in [1.165, 1.54) is 97.4 Å². The summed E-state index contributed by atoms with van der Waals surface area (Å²) in [5, 5.41) is 16.0. The third-order valence-electron chi connectivity index (χ3n) is 10.9. The van der Waals surface area contributed by atoms with Crippen LogP contribution in [-0.2, 0) is 0 Å². The van der Waals surface area contributed by atoms with Gasteiger partial charge >= 0.3 is 0 Å². The first-order valence-corrected chi connectivity index (χ1v) is 18.0. The van der Waals surface area contributed by atoms with E-state index in [9.17, 15) is 0 Å². The predicted molar refractivity (Wildman–Crippen MR) is 213 cm³/mol. The zero-order chi connectivity index (χ0) is 32.1. The Bertz CT molecular complexity index is 2920. The SMILES string of the molecule is C1=CC2Sc3ccc(-c4c5ccccc5cc5c4ccc4ccccc45)cc3C2C=C1c1c2ccccc2cc2c1ccc1ccccc12. The molecular weight excluding hydrogens is 609 g/mol. The van der Waals surface area contributed by atoms with E-state index >= 15 is 0 Å². The molecule has 0 spiro atoms. The first-order valence-electron chi connectivity index (χ1n) is 17.2. The van der Waals surface area contributed by atoms with E-state index in [0.29, 0.717) is 11.2 Å². The molecule has 1 heteroatoms. The van der Waals surface area contributed by atoms with Gasteiger partial charge in [0.15, 0.2) is 0 Å². The molecular formula is C48H30S. The monoisotopic (exact) mass is 638 g/mol. The van der Waals surface area contributed by atoms with E-state index in [2.05, 4.69) is 170 Å². The van der Waals surface area contributed by atoms with Crippen molar-refractivity contribution in [2.75, 3.05) is 0 Å². The summed E-state index contributed by atoms with van der Waals surface area (Å²) in [6.07, 6.45) is 7.41. The summed E-state index contributed by atoms with van der Waals surface area (Å²) in [6.45, 7) is 0. The van der Waals surface area contributed by atoms with Crippen molar-refractivity contribution in [3.8, 4) is 11.1 Å². The van der Waals surface area contributed by atoms with Crippen LogP contribution in [0.3, 0.4) is 0 Å². The zero-order valence-electron chi connectivity index (χ0n) is 26.7. The summed E-state index contributed by atoms with van der Waals surface area (Å²) in [4.78, 5) is 1.39. The molecule has 0 nitrogen and oxygen atoms in total. The number of rotatable bonds is 2. The Hall–Kier alpha value is -5.63. The molecule has 1 heterocycles. The van der Waals surface area contributed by atoms with Crippen LogP contribution >= 0.6 is 11.8 Å². The van der Waals surface area contributed by atoms with Crippen LogP contribution in [0, 0.1) is 0 Å². The van der Waals surface area contributed by atoms with Crippen molar-refractivity contribution in [1.82, 2.24) is 0 Å². The van der Waals surface area contributed by atoms with E-state index < -0.39 is 0 Å². The van der Waals surface area contributed by atoms with Gasteiger partial charge in [-0.3, -0.25) is 0 Å². The molecule has 2 unspecified atom stereocenters. The van der Waals surface area contributed by atoms with Gasteiger partial charge < -0.3 is 0 Å². The summed E-state index contributed by atoms with van der Waals surface area (Å²) in [5.74, 6) is 0.302. The van der Waals surface area contributed by atoms with Crippen molar-refractivity contribution >= 4 is 82.0 Å². The van der Waals surface area contributed by atoms with Crippen molar-refractivity contribution in [3.05, 3.63) is 181 Å². The predicted octanol–water partition coefficient (Wildman–Crippen LogP) is 13.5. The van der Waals surface area contributed by atoms with Crippen LogP contribution in [0.1, 0.15) is 17.0 Å². The fourth-order valence-corrected chi connectivity index (χ4v) is 9.99. The lowest BCUT2D eigenvalue weighted by Gasteiger charge is -2.22. The van der Waals surface area contributed by atoms with E-state index in [4.69, 9.17) is 0 Å². The molecule has 228 valence electrons. The molecule has 0 saturated heterocycles. The summed E-state index contributed by atoms with van der Waals surface area (Å²) < 4.78 is 0. The Morgan fingerprint density at radius 2 is 0.959 bits per heavy atom. The Kier molecular flexibility index (Phi) is 5.82. The average Bonchev–Trinajstić information content (AvgIpc) is 3.53. The molecule has 1 aliphatic heterocycles. The number of fused-ring (bicyclic) bond motifs is 11. The van der Waals surface area contributed by atoms with Crippen LogP contribution in [-0.4, -0.2) is 5.25 Å². The highest BCUT2D eigenvalue weighted by molar-refractivity contribution is 8.00. The van der Waals surface area contributed by atoms with Gasteiger partial charge in [0, 0.05) is 16.1 Å². The highest BCUT2D eigenvalue weighted by Crippen LogP contribution is 2.52. The van der Waals surface area contributed by atoms with Crippen molar-refractivity contribution in [2.24, 2.45) is 0 Å². The van der Waals surface area contributed by atoms with E-state index in [0.717, 1.165) is 0 Å². The van der Waals surface area contributed by atoms with Gasteiger partial charge in [-0.25, -0.2) is 0 Å². The normalized spacial score (nSPS) is 16.9. The van der Waals surface area contributed by atoms with Gasteiger partial charge in [-0.2, -0.15) is 0 Å². The maximum atomic E-state index is 2.57. The Labute approximate surface area is 289 Å². The molecule has 0 aromatic heterocycles. The number of hydrogen-bond acceptors (Lipinski definition) is 1. The lowest BCUT2D eigenvalue weighted by atomic mass is 9.82. The molecule has 0 N–H and O–H groups in total. The molecule has 0 saturated carbocycles. The summed E-state index contributed by atoms with van der Waals surface area (Å²) in [5.41, 5.74) is 6.72. The van der Waals surface area contributed by atoms with Crippen LogP contribution in [0.5, 0.6) is 0 Å². The fraction of sp³-hybridized carbons (Fsp3) is 0.0417. The molecule has 1 aliphatic carbocycles. The quantitative estimate of drug-likeness (QED) is 0.134. The maximum absolute atomic E-state index is 2.57. The molecule has 11 rings (SSSR count). The van der Waals surface area contributed by atoms with Gasteiger partial charge in [0.1, 0.15) is 0 Å². The van der Waals surface area contributed by atoms with Gasteiger partial charge in [-0.05, 0) is 117 Å². The van der Waals surface area contributed by atoms with Crippen LogP contribution < -0.4 is 0 Å². The van der Waals surface area contributed by atoms with E-state index in [-0.39, 0.29) is 0 Å². The van der Waals surface area contributed by atoms with E-state index in [1.807, 2.05) is 11.8 Å².